The van der Waals surface area contributed by atoms with Gasteiger partial charge in [0.1, 0.15) is 0 Å². The van der Waals surface area contributed by atoms with Crippen LogP contribution in [0.4, 0.5) is 13.2 Å². The number of pyridine rings is 1. The fraction of sp³-hybridized carbons (Fsp3) is 0.364. The van der Waals surface area contributed by atoms with Crippen molar-refractivity contribution in [1.82, 2.24) is 9.88 Å². The van der Waals surface area contributed by atoms with Crippen LogP contribution in [-0.4, -0.2) is 39.6 Å². The van der Waals surface area contributed by atoms with Gasteiger partial charge in [-0.05, 0) is 11.6 Å². The Hall–Kier alpha value is -2.12. The first-order valence-electron chi connectivity index (χ1n) is 5.36. The maximum atomic E-state index is 12.3. The molecule has 0 unspecified atom stereocenters. The van der Waals surface area contributed by atoms with Crippen molar-refractivity contribution in [2.75, 3.05) is 6.54 Å². The number of fused-ring (bicyclic) bond motifs is 1. The smallest absolute Gasteiger partial charge is 0.471 e. The second kappa shape index (κ2) is 4.52. The number of hydrogen-bond donors (Lipinski definition) is 1. The summed E-state index contributed by atoms with van der Waals surface area (Å²) in [5.41, 5.74) is 0.750. The molecule has 0 radical (unpaired) electrons. The van der Waals surface area contributed by atoms with Crippen molar-refractivity contribution < 1.29 is 27.9 Å². The monoisotopic (exact) mass is 274 g/mol. The van der Waals surface area contributed by atoms with E-state index >= 15 is 0 Å². The Balaban J connectivity index is 2.25. The Morgan fingerprint density at radius 2 is 2.05 bits per heavy atom. The third-order valence-electron chi connectivity index (χ3n) is 2.82. The van der Waals surface area contributed by atoms with Crippen molar-refractivity contribution in [2.24, 2.45) is 0 Å². The van der Waals surface area contributed by atoms with Gasteiger partial charge in [-0.1, -0.05) is 0 Å². The third kappa shape index (κ3) is 2.67. The van der Waals surface area contributed by atoms with Gasteiger partial charge in [-0.25, -0.2) is 4.79 Å². The highest BCUT2D eigenvalue weighted by molar-refractivity contribution is 5.87. The van der Waals surface area contributed by atoms with Crippen LogP contribution in [0.2, 0.25) is 0 Å². The van der Waals surface area contributed by atoms with Crippen LogP contribution in [0.3, 0.4) is 0 Å². The molecule has 2 heterocycles. The first kappa shape index (κ1) is 13.3. The average molecular weight is 274 g/mol. The van der Waals surface area contributed by atoms with Crippen LogP contribution in [-0.2, 0) is 17.8 Å². The van der Waals surface area contributed by atoms with Gasteiger partial charge in [0.25, 0.3) is 0 Å². The van der Waals surface area contributed by atoms with Gasteiger partial charge in [-0.3, -0.25) is 9.78 Å². The number of hydrogen-bond acceptors (Lipinski definition) is 3. The second-order valence-electron chi connectivity index (χ2n) is 4.11. The van der Waals surface area contributed by atoms with Gasteiger partial charge in [0.2, 0.25) is 0 Å². The molecule has 8 heteroatoms. The fourth-order valence-corrected chi connectivity index (χ4v) is 1.90. The normalized spacial score (nSPS) is 15.0. The van der Waals surface area contributed by atoms with Gasteiger partial charge in [-0.2, -0.15) is 13.2 Å². The quantitative estimate of drug-likeness (QED) is 0.836. The van der Waals surface area contributed by atoms with Crippen LogP contribution in [0.15, 0.2) is 12.3 Å². The number of halogens is 3. The fourth-order valence-electron chi connectivity index (χ4n) is 1.90. The minimum absolute atomic E-state index is 0.0786. The largest absolute Gasteiger partial charge is 0.478 e. The van der Waals surface area contributed by atoms with Gasteiger partial charge in [-0.15, -0.1) is 0 Å². The third-order valence-corrected chi connectivity index (χ3v) is 2.82. The topological polar surface area (TPSA) is 70.5 Å². The maximum absolute atomic E-state index is 12.3. The Labute approximate surface area is 105 Å². The molecule has 102 valence electrons. The standard InChI is InChI=1S/C11H9F3N2O3/c12-11(13,14)10(19)16-2-1-8-7(5-16)3-6(4-15-8)9(17)18/h3-4H,1-2,5H2,(H,17,18). The number of carboxylic acids is 1. The van der Waals surface area contributed by atoms with E-state index in [0.29, 0.717) is 16.2 Å². The Morgan fingerprint density at radius 1 is 1.37 bits per heavy atom. The zero-order chi connectivity index (χ0) is 14.2. The molecule has 5 nitrogen and oxygen atoms in total. The second-order valence-corrected chi connectivity index (χ2v) is 4.11. The van der Waals surface area contributed by atoms with Crippen molar-refractivity contribution in [3.05, 3.63) is 29.1 Å². The summed E-state index contributed by atoms with van der Waals surface area (Å²) in [6.45, 7) is -0.355. The molecule has 1 aromatic heterocycles. The number of aromatic nitrogens is 1. The SMILES string of the molecule is O=C(O)c1cnc2c(c1)CN(C(=O)C(F)(F)F)CC2. The van der Waals surface area contributed by atoms with E-state index in [2.05, 4.69) is 4.98 Å². The number of nitrogens with zero attached hydrogens (tertiary/aromatic N) is 2. The average Bonchev–Trinajstić information content (AvgIpc) is 2.35. The van der Waals surface area contributed by atoms with E-state index in [1.807, 2.05) is 0 Å². The molecule has 0 aliphatic carbocycles. The number of alkyl halides is 3. The number of aromatic carboxylic acids is 1. The molecule has 1 aliphatic heterocycles. The number of carboxylic acid groups (broad SMARTS) is 1. The van der Waals surface area contributed by atoms with Crippen molar-refractivity contribution in [2.45, 2.75) is 19.1 Å². The highest BCUT2D eigenvalue weighted by Crippen LogP contribution is 2.24. The summed E-state index contributed by atoms with van der Waals surface area (Å²) in [6.07, 6.45) is -3.59. The van der Waals surface area contributed by atoms with Crippen molar-refractivity contribution in [3.8, 4) is 0 Å². The summed E-state index contributed by atoms with van der Waals surface area (Å²) in [4.78, 5) is 26.4. The lowest BCUT2D eigenvalue weighted by Gasteiger charge is -2.28. The predicted octanol–water partition coefficient (Wildman–Crippen LogP) is 1.23. The number of carbonyl (C=O) groups excluding carboxylic acids is 1. The molecule has 0 saturated heterocycles. The summed E-state index contributed by atoms with van der Waals surface area (Å²) < 4.78 is 36.9. The summed E-state index contributed by atoms with van der Waals surface area (Å²) in [6, 6.07) is 1.25. The van der Waals surface area contributed by atoms with Gasteiger partial charge >= 0.3 is 18.1 Å². The first-order chi connectivity index (χ1) is 8.79. The molecule has 0 saturated carbocycles. The van der Waals surface area contributed by atoms with Crippen LogP contribution in [0.25, 0.3) is 0 Å². The van der Waals surface area contributed by atoms with E-state index in [9.17, 15) is 22.8 Å². The van der Waals surface area contributed by atoms with E-state index in [-0.39, 0.29) is 25.1 Å². The van der Waals surface area contributed by atoms with Crippen molar-refractivity contribution in [1.29, 1.82) is 0 Å². The first-order valence-corrected chi connectivity index (χ1v) is 5.36. The van der Waals surface area contributed by atoms with Crippen LogP contribution >= 0.6 is 0 Å². The summed E-state index contributed by atoms with van der Waals surface area (Å²) in [5, 5.41) is 8.79. The van der Waals surface area contributed by atoms with Crippen LogP contribution in [0, 0.1) is 0 Å². The number of rotatable bonds is 1. The van der Waals surface area contributed by atoms with E-state index in [1.54, 1.807) is 0 Å². The number of amides is 1. The minimum Gasteiger partial charge on any atom is -0.478 e. The molecular weight excluding hydrogens is 265 g/mol. The summed E-state index contributed by atoms with van der Waals surface area (Å²) in [7, 11) is 0. The maximum Gasteiger partial charge on any atom is 0.471 e. The number of carbonyl (C=O) groups is 2. The minimum atomic E-state index is -4.92. The molecule has 0 spiro atoms. The molecule has 19 heavy (non-hydrogen) atoms. The van der Waals surface area contributed by atoms with Crippen LogP contribution < -0.4 is 0 Å². The highest BCUT2D eigenvalue weighted by atomic mass is 19.4. The molecular formula is C11H9F3N2O3. The molecule has 0 atom stereocenters. The predicted molar refractivity (Wildman–Crippen MR) is 56.4 cm³/mol. The lowest BCUT2D eigenvalue weighted by molar-refractivity contribution is -0.186. The Kier molecular flexibility index (Phi) is 3.17. The Bertz CT molecular complexity index is 542. The van der Waals surface area contributed by atoms with E-state index in [4.69, 9.17) is 5.11 Å². The van der Waals surface area contributed by atoms with Crippen LogP contribution in [0.1, 0.15) is 21.6 Å². The van der Waals surface area contributed by atoms with Gasteiger partial charge in [0.15, 0.2) is 0 Å². The van der Waals surface area contributed by atoms with Crippen LogP contribution in [0.5, 0.6) is 0 Å². The molecule has 0 aromatic carbocycles. The molecule has 0 bridgehead atoms. The summed E-state index contributed by atoms with van der Waals surface area (Å²) in [5.74, 6) is -3.13. The lowest BCUT2D eigenvalue weighted by atomic mass is 10.0. The van der Waals surface area contributed by atoms with Gasteiger partial charge in [0, 0.05) is 31.4 Å². The van der Waals surface area contributed by atoms with Gasteiger partial charge in [0.05, 0.1) is 5.56 Å². The van der Waals surface area contributed by atoms with E-state index < -0.39 is 18.1 Å². The zero-order valence-electron chi connectivity index (χ0n) is 9.57. The van der Waals surface area contributed by atoms with E-state index in [1.165, 1.54) is 6.07 Å². The molecule has 1 N–H and O–H groups in total. The molecule has 1 aromatic rings. The lowest BCUT2D eigenvalue weighted by Crippen LogP contribution is -2.43. The van der Waals surface area contributed by atoms with Gasteiger partial charge < -0.3 is 10.0 Å². The molecule has 1 amide bonds. The van der Waals surface area contributed by atoms with Crippen molar-refractivity contribution in [3.63, 3.8) is 0 Å². The molecule has 0 fully saturated rings. The van der Waals surface area contributed by atoms with Crippen molar-refractivity contribution >= 4 is 11.9 Å². The van der Waals surface area contributed by atoms with E-state index in [0.717, 1.165) is 6.20 Å². The Morgan fingerprint density at radius 3 is 2.63 bits per heavy atom. The molecule has 2 rings (SSSR count). The highest BCUT2D eigenvalue weighted by Gasteiger charge is 2.43. The zero-order valence-corrected chi connectivity index (χ0v) is 9.57. The summed E-state index contributed by atoms with van der Waals surface area (Å²) >= 11 is 0. The molecule has 1 aliphatic rings.